The first-order valence-electron chi connectivity index (χ1n) is 11.2. The molecule has 2 aromatic carbocycles. The fourth-order valence-corrected chi connectivity index (χ4v) is 3.97. The van der Waals surface area contributed by atoms with Crippen LogP contribution >= 0.6 is 0 Å². The van der Waals surface area contributed by atoms with Crippen molar-refractivity contribution in [2.45, 2.75) is 6.23 Å². The van der Waals surface area contributed by atoms with E-state index in [1.54, 1.807) is 55.8 Å². The molecule has 0 bridgehead atoms. The molecule has 0 aliphatic heterocycles. The van der Waals surface area contributed by atoms with Crippen LogP contribution in [-0.4, -0.2) is 50.4 Å². The molecule has 0 aliphatic rings. The second-order valence-electron chi connectivity index (χ2n) is 7.89. The molecule has 0 saturated heterocycles. The number of methoxy groups -OCH3 is 3. The summed E-state index contributed by atoms with van der Waals surface area (Å²) in [7, 11) is 4.57. The van der Waals surface area contributed by atoms with E-state index in [1.807, 2.05) is 0 Å². The van der Waals surface area contributed by atoms with Crippen LogP contribution in [0.1, 0.15) is 22.1 Å². The van der Waals surface area contributed by atoms with E-state index in [-0.39, 0.29) is 5.91 Å². The second kappa shape index (κ2) is 10.6. The summed E-state index contributed by atoms with van der Waals surface area (Å²) in [5.41, 5.74) is 15.0. The summed E-state index contributed by atoms with van der Waals surface area (Å²) in [6.45, 7) is 0.670. The number of nitrogens with zero attached hydrogens (tertiary/aromatic N) is 1. The molecule has 0 aliphatic carbocycles. The Morgan fingerprint density at radius 3 is 2.33 bits per heavy atom. The van der Waals surface area contributed by atoms with Crippen molar-refractivity contribution in [3.8, 4) is 39.7 Å². The maximum atomic E-state index is 12.6. The SMILES string of the molecule is COc1ccc(C(N)O)cc1-c1cc2nccc(-c3c(OC)cc(C(=O)NCCN)cc3OC)c2o1. The van der Waals surface area contributed by atoms with Gasteiger partial charge in [-0.1, -0.05) is 6.07 Å². The number of benzene rings is 2. The van der Waals surface area contributed by atoms with E-state index in [0.29, 0.717) is 75.0 Å². The predicted octanol–water partition coefficient (Wildman–Crippen LogP) is 2.83. The number of carbonyl (C=O) groups excluding carboxylic acids is 1. The Kier molecular flexibility index (Phi) is 7.39. The third kappa shape index (κ3) is 4.69. The Morgan fingerprint density at radius 2 is 1.72 bits per heavy atom. The van der Waals surface area contributed by atoms with Crippen LogP contribution in [0.4, 0.5) is 0 Å². The van der Waals surface area contributed by atoms with Gasteiger partial charge in [-0.2, -0.15) is 0 Å². The minimum absolute atomic E-state index is 0.294. The standard InChI is InChI=1S/C26H28N4O6/c1-33-19-5-4-14(25(28)31)10-17(19)20-13-18-24(36-20)16(6-8-29-18)23-21(34-2)11-15(12-22(23)35-3)26(32)30-9-7-27/h4-6,8,10-13,25,31H,7,9,27-28H2,1-3H3,(H,30,32). The first-order chi connectivity index (χ1) is 17.4. The first-order valence-corrected chi connectivity index (χ1v) is 11.2. The minimum atomic E-state index is -1.15. The Bertz CT molecular complexity index is 1370. The number of amides is 1. The van der Waals surface area contributed by atoms with E-state index >= 15 is 0 Å². The number of nitrogens with one attached hydrogen (secondary N) is 1. The van der Waals surface area contributed by atoms with Crippen LogP contribution in [-0.2, 0) is 0 Å². The van der Waals surface area contributed by atoms with E-state index in [0.717, 1.165) is 0 Å². The van der Waals surface area contributed by atoms with Gasteiger partial charge in [-0.15, -0.1) is 0 Å². The van der Waals surface area contributed by atoms with Crippen molar-refractivity contribution in [3.63, 3.8) is 0 Å². The summed E-state index contributed by atoms with van der Waals surface area (Å²) in [5, 5.41) is 12.6. The monoisotopic (exact) mass is 492 g/mol. The number of aliphatic hydroxyl groups excluding tert-OH is 1. The molecule has 0 spiro atoms. The van der Waals surface area contributed by atoms with Crippen LogP contribution < -0.4 is 31.0 Å². The molecular weight excluding hydrogens is 464 g/mol. The maximum Gasteiger partial charge on any atom is 0.251 e. The Labute approximate surface area is 207 Å². The highest BCUT2D eigenvalue weighted by atomic mass is 16.5. The third-order valence-electron chi connectivity index (χ3n) is 5.71. The molecule has 1 unspecified atom stereocenters. The van der Waals surface area contributed by atoms with Crippen molar-refractivity contribution in [2.75, 3.05) is 34.4 Å². The molecule has 10 nitrogen and oxygen atoms in total. The lowest BCUT2D eigenvalue weighted by atomic mass is 10.0. The van der Waals surface area contributed by atoms with Gasteiger partial charge in [0.15, 0.2) is 5.58 Å². The fourth-order valence-electron chi connectivity index (χ4n) is 3.97. The van der Waals surface area contributed by atoms with Gasteiger partial charge in [0, 0.05) is 36.5 Å². The molecule has 36 heavy (non-hydrogen) atoms. The zero-order valence-corrected chi connectivity index (χ0v) is 20.2. The van der Waals surface area contributed by atoms with Crippen LogP contribution in [0, 0.1) is 0 Å². The molecular formula is C26H28N4O6. The molecule has 4 aromatic rings. The van der Waals surface area contributed by atoms with E-state index in [9.17, 15) is 9.90 Å². The van der Waals surface area contributed by atoms with Crippen molar-refractivity contribution in [1.29, 1.82) is 0 Å². The largest absolute Gasteiger partial charge is 0.496 e. The highest BCUT2D eigenvalue weighted by molar-refractivity contribution is 6.00. The van der Waals surface area contributed by atoms with Crippen LogP contribution in [0.25, 0.3) is 33.6 Å². The van der Waals surface area contributed by atoms with Gasteiger partial charge in [-0.25, -0.2) is 0 Å². The van der Waals surface area contributed by atoms with Gasteiger partial charge in [0.05, 0.1) is 32.5 Å². The number of aliphatic hydroxyl groups is 1. The van der Waals surface area contributed by atoms with Gasteiger partial charge in [0.25, 0.3) is 5.91 Å². The van der Waals surface area contributed by atoms with Crippen molar-refractivity contribution in [3.05, 3.63) is 59.8 Å². The summed E-state index contributed by atoms with van der Waals surface area (Å²) in [4.78, 5) is 17.0. The lowest BCUT2D eigenvalue weighted by Crippen LogP contribution is -2.29. The number of ether oxygens (including phenoxy) is 3. The van der Waals surface area contributed by atoms with Crippen molar-refractivity contribution < 1.29 is 28.5 Å². The number of rotatable bonds is 9. The number of fused-ring (bicyclic) bond motifs is 1. The summed E-state index contributed by atoms with van der Waals surface area (Å²) < 4.78 is 23.1. The Hall–Kier alpha value is -4.12. The normalized spacial score (nSPS) is 11.8. The van der Waals surface area contributed by atoms with Gasteiger partial charge in [-0.05, 0) is 35.9 Å². The number of pyridine rings is 1. The zero-order valence-electron chi connectivity index (χ0n) is 20.2. The molecule has 0 radical (unpaired) electrons. The van der Waals surface area contributed by atoms with Crippen molar-refractivity contribution in [1.82, 2.24) is 10.3 Å². The molecule has 6 N–H and O–H groups in total. The smallest absolute Gasteiger partial charge is 0.251 e. The van der Waals surface area contributed by atoms with Crippen molar-refractivity contribution >= 4 is 17.0 Å². The molecule has 0 saturated carbocycles. The van der Waals surface area contributed by atoms with Crippen LogP contribution in [0.5, 0.6) is 17.2 Å². The van der Waals surface area contributed by atoms with Gasteiger partial charge >= 0.3 is 0 Å². The quantitative estimate of drug-likeness (QED) is 0.258. The highest BCUT2D eigenvalue weighted by Crippen LogP contribution is 2.44. The predicted molar refractivity (Wildman–Crippen MR) is 135 cm³/mol. The zero-order chi connectivity index (χ0) is 25.8. The van der Waals surface area contributed by atoms with E-state index in [2.05, 4.69) is 10.3 Å². The number of hydrogen-bond donors (Lipinski definition) is 4. The van der Waals surface area contributed by atoms with Gasteiger partial charge in [0.1, 0.15) is 34.8 Å². The number of hydrogen-bond acceptors (Lipinski definition) is 9. The van der Waals surface area contributed by atoms with Crippen LogP contribution in [0.2, 0.25) is 0 Å². The minimum Gasteiger partial charge on any atom is -0.496 e. The molecule has 188 valence electrons. The molecule has 1 atom stereocenters. The average Bonchev–Trinajstić information content (AvgIpc) is 3.35. The molecule has 0 fully saturated rings. The number of furan rings is 1. The lowest BCUT2D eigenvalue weighted by Gasteiger charge is -2.16. The number of nitrogens with two attached hydrogens (primary N) is 2. The Balaban J connectivity index is 1.89. The van der Waals surface area contributed by atoms with Crippen LogP contribution in [0.3, 0.4) is 0 Å². The summed E-state index contributed by atoms with van der Waals surface area (Å²) in [6, 6.07) is 11.9. The molecule has 4 rings (SSSR count). The van der Waals surface area contributed by atoms with Gasteiger partial charge in [-0.3, -0.25) is 9.78 Å². The van der Waals surface area contributed by atoms with Gasteiger partial charge < -0.3 is 40.5 Å². The topological polar surface area (TPSA) is 155 Å². The van der Waals surface area contributed by atoms with E-state index in [1.165, 1.54) is 14.2 Å². The lowest BCUT2D eigenvalue weighted by molar-refractivity contribution is 0.0954. The maximum absolute atomic E-state index is 12.6. The highest BCUT2D eigenvalue weighted by Gasteiger charge is 2.23. The van der Waals surface area contributed by atoms with Gasteiger partial charge in [0.2, 0.25) is 0 Å². The van der Waals surface area contributed by atoms with E-state index < -0.39 is 6.23 Å². The molecule has 10 heteroatoms. The first kappa shape index (κ1) is 25.0. The third-order valence-corrected chi connectivity index (χ3v) is 5.71. The summed E-state index contributed by atoms with van der Waals surface area (Å²) in [5.74, 6) is 1.56. The summed E-state index contributed by atoms with van der Waals surface area (Å²) in [6.07, 6.45) is 0.497. The molecule has 1 amide bonds. The Morgan fingerprint density at radius 1 is 1.03 bits per heavy atom. The second-order valence-corrected chi connectivity index (χ2v) is 7.89. The number of carbonyl (C=O) groups is 1. The summed E-state index contributed by atoms with van der Waals surface area (Å²) >= 11 is 0. The fraction of sp³-hybridized carbons (Fsp3) is 0.231. The van der Waals surface area contributed by atoms with Crippen molar-refractivity contribution in [2.24, 2.45) is 11.5 Å². The number of aromatic nitrogens is 1. The van der Waals surface area contributed by atoms with E-state index in [4.69, 9.17) is 30.1 Å². The average molecular weight is 493 g/mol. The molecule has 2 heterocycles. The van der Waals surface area contributed by atoms with Crippen LogP contribution in [0.15, 0.2) is 53.1 Å². The molecule has 2 aromatic heterocycles.